The largest absolute Gasteiger partial charge is 0.456 e. The van der Waals surface area contributed by atoms with Crippen LogP contribution in [0, 0.1) is 0 Å². The lowest BCUT2D eigenvalue weighted by molar-refractivity contribution is -0.353. The van der Waals surface area contributed by atoms with Gasteiger partial charge in [0.25, 0.3) is 5.78 Å². The minimum atomic E-state index is -7.15. The summed E-state index contributed by atoms with van der Waals surface area (Å²) in [4.78, 5) is 11.7. The Hall–Kier alpha value is -1.67. The summed E-state index contributed by atoms with van der Waals surface area (Å²) in [5.74, 6) is -14.0. The van der Waals surface area contributed by atoms with Crippen molar-refractivity contribution in [2.75, 3.05) is 0 Å². The molecule has 0 amide bonds. The topological polar surface area (TPSA) is 41.1 Å². The molecule has 1 atom stereocenters. The number of halogens is 12. The molecule has 0 heterocycles. The quantitative estimate of drug-likeness (QED) is 0.305. The van der Waals surface area contributed by atoms with Crippen LogP contribution < -0.4 is 10.6 Å². The summed E-state index contributed by atoms with van der Waals surface area (Å²) in [5.41, 5.74) is -13.9. The summed E-state index contributed by atoms with van der Waals surface area (Å²) in [6.07, 6.45) is -20.5. The van der Waals surface area contributed by atoms with E-state index in [1.54, 1.807) is 0 Å². The van der Waals surface area contributed by atoms with Crippen molar-refractivity contribution in [3.8, 4) is 0 Å². The van der Waals surface area contributed by atoms with Crippen LogP contribution in [0.2, 0.25) is 0 Å². The maximum Gasteiger partial charge on any atom is 0.456 e. The van der Waals surface area contributed by atoms with Crippen LogP contribution in [0.5, 0.6) is 0 Å². The molecule has 2 N–H and O–H groups in total. The molecule has 0 saturated carbocycles. The summed E-state index contributed by atoms with van der Waals surface area (Å²) >= 11 is 0. The number of nitrogens with one attached hydrogen (secondary N) is 2. The Labute approximate surface area is 169 Å². The lowest BCUT2D eigenvalue weighted by Crippen LogP contribution is -2.77. The van der Waals surface area contributed by atoms with E-state index < -0.39 is 58.4 Å². The standard InChI is InChI=1S/C16H20F12N2O/c1-10(2,3)29-9(17)7(8(31)13(18,19)20)12(15(23,24)25,30-11(4,5)6)14(21,22)16(26,27)28/h29-30H,1-6H3/b9-7+. The van der Waals surface area contributed by atoms with E-state index >= 15 is 0 Å². The monoisotopic (exact) mass is 484 g/mol. The SMILES string of the molecule is CC(C)(C)N/C(F)=C(\C(=O)C(F)(F)F)C(NC(C)(C)C)(C(F)(F)F)C(F)(F)C(F)(F)F. The second-order valence-electron chi connectivity index (χ2n) is 8.59. The molecule has 3 nitrogen and oxygen atoms in total. The molecule has 0 bridgehead atoms. The van der Waals surface area contributed by atoms with Gasteiger partial charge in [-0.2, -0.15) is 52.7 Å². The third-order valence-electron chi connectivity index (χ3n) is 3.38. The first kappa shape index (κ1) is 29.3. The fourth-order valence-corrected chi connectivity index (χ4v) is 2.43. The van der Waals surface area contributed by atoms with E-state index in [1.165, 1.54) is 5.32 Å². The summed E-state index contributed by atoms with van der Waals surface area (Å²) in [5, 5.41) is 2.03. The van der Waals surface area contributed by atoms with Crippen molar-refractivity contribution in [2.45, 2.75) is 82.6 Å². The molecular weight excluding hydrogens is 464 g/mol. The van der Waals surface area contributed by atoms with E-state index in [0.29, 0.717) is 20.8 Å². The highest BCUT2D eigenvalue weighted by atomic mass is 19.4. The Kier molecular flexibility index (Phi) is 7.60. The van der Waals surface area contributed by atoms with Crippen LogP contribution in [0.15, 0.2) is 11.5 Å². The van der Waals surface area contributed by atoms with Crippen molar-refractivity contribution in [3.63, 3.8) is 0 Å². The molecule has 0 aromatic heterocycles. The highest BCUT2D eigenvalue weighted by molar-refractivity contribution is 6.02. The van der Waals surface area contributed by atoms with Crippen molar-refractivity contribution in [1.29, 1.82) is 0 Å². The molecule has 31 heavy (non-hydrogen) atoms. The molecule has 1 unspecified atom stereocenters. The zero-order chi connectivity index (χ0) is 25.6. The van der Waals surface area contributed by atoms with Gasteiger partial charge in [0, 0.05) is 11.1 Å². The maximum absolute atomic E-state index is 14.7. The number of carbonyl (C=O) groups is 1. The van der Waals surface area contributed by atoms with Gasteiger partial charge in [0.15, 0.2) is 5.95 Å². The van der Waals surface area contributed by atoms with Crippen LogP contribution in [-0.2, 0) is 4.79 Å². The molecule has 0 fully saturated rings. The number of ketones is 1. The zero-order valence-electron chi connectivity index (χ0n) is 16.9. The summed E-state index contributed by atoms with van der Waals surface area (Å²) in [7, 11) is 0. The van der Waals surface area contributed by atoms with Gasteiger partial charge in [-0.25, -0.2) is 0 Å². The van der Waals surface area contributed by atoms with E-state index in [2.05, 4.69) is 0 Å². The first-order chi connectivity index (χ1) is 13.1. The maximum atomic E-state index is 14.7. The number of rotatable bonds is 5. The highest BCUT2D eigenvalue weighted by Crippen LogP contribution is 2.56. The second-order valence-corrected chi connectivity index (χ2v) is 8.59. The van der Waals surface area contributed by atoms with Crippen LogP contribution >= 0.6 is 0 Å². The smallest absolute Gasteiger partial charge is 0.357 e. The van der Waals surface area contributed by atoms with Gasteiger partial charge in [0.05, 0.1) is 5.57 Å². The van der Waals surface area contributed by atoms with Gasteiger partial charge in [0.2, 0.25) is 5.54 Å². The first-order valence-electron chi connectivity index (χ1n) is 8.22. The summed E-state index contributed by atoms with van der Waals surface area (Å²) in [6.45, 7) is 4.63. The van der Waals surface area contributed by atoms with Gasteiger partial charge in [-0.15, -0.1) is 0 Å². The predicted octanol–water partition coefficient (Wildman–Crippen LogP) is 5.57. The van der Waals surface area contributed by atoms with Crippen LogP contribution in [0.25, 0.3) is 0 Å². The summed E-state index contributed by atoms with van der Waals surface area (Å²) < 4.78 is 164. The third kappa shape index (κ3) is 6.19. The number of hydrogen-bond donors (Lipinski definition) is 2. The Bertz CT molecular complexity index is 705. The van der Waals surface area contributed by atoms with Gasteiger partial charge in [-0.05, 0) is 41.5 Å². The highest BCUT2D eigenvalue weighted by Gasteiger charge is 2.83. The molecule has 15 heteroatoms. The van der Waals surface area contributed by atoms with Gasteiger partial charge in [-0.3, -0.25) is 10.1 Å². The molecule has 0 aliphatic heterocycles. The lowest BCUT2D eigenvalue weighted by atomic mass is 9.77. The Balaban J connectivity index is 7.92. The Morgan fingerprint density at radius 2 is 1.03 bits per heavy atom. The fourth-order valence-electron chi connectivity index (χ4n) is 2.43. The molecule has 0 spiro atoms. The van der Waals surface area contributed by atoms with E-state index in [0.717, 1.165) is 26.1 Å². The molecule has 0 saturated heterocycles. The molecule has 184 valence electrons. The van der Waals surface area contributed by atoms with E-state index in [1.807, 2.05) is 0 Å². The number of hydrogen-bond acceptors (Lipinski definition) is 3. The zero-order valence-corrected chi connectivity index (χ0v) is 16.9. The minimum absolute atomic E-state index is 0.602. The van der Waals surface area contributed by atoms with Crippen molar-refractivity contribution < 1.29 is 57.5 Å². The van der Waals surface area contributed by atoms with Crippen molar-refractivity contribution >= 4 is 5.78 Å². The fraction of sp³-hybridized carbons (Fsp3) is 0.812. The van der Waals surface area contributed by atoms with Crippen molar-refractivity contribution in [1.82, 2.24) is 10.6 Å². The van der Waals surface area contributed by atoms with E-state index in [-0.39, 0.29) is 0 Å². The second kappa shape index (κ2) is 8.03. The van der Waals surface area contributed by atoms with Gasteiger partial charge in [-0.1, -0.05) is 0 Å². The number of alkyl halides is 11. The number of Topliss-reactive ketones (excluding diaryl/α,β-unsaturated/α-hetero) is 1. The van der Waals surface area contributed by atoms with Gasteiger partial charge < -0.3 is 5.32 Å². The van der Waals surface area contributed by atoms with E-state index in [4.69, 9.17) is 0 Å². The van der Waals surface area contributed by atoms with Crippen LogP contribution in [0.1, 0.15) is 41.5 Å². The molecule has 0 aromatic rings. The third-order valence-corrected chi connectivity index (χ3v) is 3.38. The average Bonchev–Trinajstić information content (AvgIpc) is 2.38. The summed E-state index contributed by atoms with van der Waals surface area (Å²) in [6, 6.07) is 0. The van der Waals surface area contributed by atoms with Crippen LogP contribution in [-0.4, -0.2) is 46.9 Å². The van der Waals surface area contributed by atoms with Crippen LogP contribution in [0.4, 0.5) is 52.7 Å². The lowest BCUT2D eigenvalue weighted by Gasteiger charge is -2.47. The van der Waals surface area contributed by atoms with Crippen LogP contribution in [0.3, 0.4) is 0 Å². The molecule has 0 aromatic carbocycles. The molecular formula is C16H20F12N2O. The molecule has 0 rings (SSSR count). The first-order valence-corrected chi connectivity index (χ1v) is 8.22. The Morgan fingerprint density at radius 3 is 1.26 bits per heavy atom. The van der Waals surface area contributed by atoms with Crippen molar-refractivity contribution in [2.24, 2.45) is 0 Å². The molecule has 0 radical (unpaired) electrons. The van der Waals surface area contributed by atoms with Crippen molar-refractivity contribution in [3.05, 3.63) is 11.5 Å². The minimum Gasteiger partial charge on any atom is -0.357 e. The van der Waals surface area contributed by atoms with E-state index in [9.17, 15) is 57.5 Å². The average molecular weight is 484 g/mol. The van der Waals surface area contributed by atoms with Gasteiger partial charge in [0.1, 0.15) is 0 Å². The predicted molar refractivity (Wildman–Crippen MR) is 84.8 cm³/mol. The van der Waals surface area contributed by atoms with Gasteiger partial charge >= 0.3 is 24.5 Å². The normalized spacial score (nSPS) is 17.7. The molecule has 0 aliphatic carbocycles. The molecule has 0 aliphatic rings. The number of carbonyl (C=O) groups excluding carboxylic acids is 1. The Morgan fingerprint density at radius 1 is 0.645 bits per heavy atom.